The van der Waals surface area contributed by atoms with Crippen LogP contribution in [-0.4, -0.2) is 28.9 Å². The van der Waals surface area contributed by atoms with Crippen LogP contribution in [0.5, 0.6) is 0 Å². The maximum Gasteiger partial charge on any atom is 0.416 e. The van der Waals surface area contributed by atoms with Gasteiger partial charge in [0.2, 0.25) is 0 Å². The molecular weight excluding hydrogens is 359 g/mol. The molecule has 0 radical (unpaired) electrons. The van der Waals surface area contributed by atoms with E-state index in [2.05, 4.69) is 10.3 Å². The van der Waals surface area contributed by atoms with Gasteiger partial charge in [0.15, 0.2) is 0 Å². The minimum absolute atomic E-state index is 0.0853. The number of nitrogens with zero attached hydrogens (tertiary/aromatic N) is 1. The van der Waals surface area contributed by atoms with Crippen molar-refractivity contribution < 1.29 is 18.0 Å². The highest BCUT2D eigenvalue weighted by molar-refractivity contribution is 5.93. The van der Waals surface area contributed by atoms with Gasteiger partial charge in [0, 0.05) is 24.8 Å². The van der Waals surface area contributed by atoms with E-state index in [9.17, 15) is 22.8 Å². The number of rotatable bonds is 6. The first kappa shape index (κ1) is 20.7. The van der Waals surface area contributed by atoms with Gasteiger partial charge in [-0.25, -0.2) is 0 Å². The number of carbonyl (C=O) groups is 1. The van der Waals surface area contributed by atoms with Crippen molar-refractivity contribution in [2.45, 2.75) is 39.2 Å². The zero-order chi connectivity index (χ0) is 20.2. The molecule has 146 valence electrons. The Morgan fingerprint density at radius 3 is 2.52 bits per heavy atom. The smallest absolute Gasteiger partial charge is 0.348 e. The summed E-state index contributed by atoms with van der Waals surface area (Å²) in [6, 6.07) is 8.05. The van der Waals surface area contributed by atoms with E-state index in [-0.39, 0.29) is 12.1 Å². The van der Waals surface area contributed by atoms with E-state index in [1.165, 1.54) is 18.2 Å². The largest absolute Gasteiger partial charge is 0.416 e. The number of aromatic nitrogens is 1. The second kappa shape index (κ2) is 8.39. The number of H-pyrrole nitrogens is 1. The fourth-order valence-corrected chi connectivity index (χ4v) is 2.37. The highest BCUT2D eigenvalue weighted by Crippen LogP contribution is 2.29. The zero-order valence-corrected chi connectivity index (χ0v) is 15.4. The Hall–Kier alpha value is -2.61. The van der Waals surface area contributed by atoms with Gasteiger partial charge in [-0.3, -0.25) is 14.5 Å². The van der Waals surface area contributed by atoms with Crippen molar-refractivity contribution in [1.82, 2.24) is 15.2 Å². The Labute approximate surface area is 155 Å². The molecule has 2 rings (SSSR count). The van der Waals surface area contributed by atoms with E-state index in [1.807, 2.05) is 25.8 Å². The number of amides is 1. The fourth-order valence-electron chi connectivity index (χ4n) is 2.37. The van der Waals surface area contributed by atoms with Crippen LogP contribution in [0.25, 0.3) is 0 Å². The molecule has 1 aromatic carbocycles. The van der Waals surface area contributed by atoms with Crippen LogP contribution in [0.2, 0.25) is 0 Å². The molecule has 0 saturated heterocycles. The molecule has 0 unspecified atom stereocenters. The summed E-state index contributed by atoms with van der Waals surface area (Å²) in [5.74, 6) is -0.641. The molecule has 5 nitrogen and oxygen atoms in total. The van der Waals surface area contributed by atoms with Crippen molar-refractivity contribution in [2.75, 3.05) is 7.05 Å². The van der Waals surface area contributed by atoms with Crippen LogP contribution in [0.15, 0.2) is 41.2 Å². The number of pyridine rings is 1. The SMILES string of the molecule is CC(C)N(C)Cc1ccc(C(=O)NCc2cccc(C(F)(F)F)c2)c(=O)[nH]1. The number of hydrogen-bond donors (Lipinski definition) is 2. The molecule has 0 aliphatic rings. The van der Waals surface area contributed by atoms with Crippen LogP contribution in [0.4, 0.5) is 13.2 Å². The van der Waals surface area contributed by atoms with Gasteiger partial charge in [-0.15, -0.1) is 0 Å². The van der Waals surface area contributed by atoms with Crippen molar-refractivity contribution in [3.05, 3.63) is 69.1 Å². The van der Waals surface area contributed by atoms with Crippen LogP contribution in [-0.2, 0) is 19.3 Å². The molecule has 0 bridgehead atoms. The lowest BCUT2D eigenvalue weighted by molar-refractivity contribution is -0.137. The molecule has 2 aromatic rings. The summed E-state index contributed by atoms with van der Waals surface area (Å²) in [7, 11) is 1.92. The third kappa shape index (κ3) is 5.68. The number of hydrogen-bond acceptors (Lipinski definition) is 3. The summed E-state index contributed by atoms with van der Waals surface area (Å²) >= 11 is 0. The third-order valence-electron chi connectivity index (χ3n) is 4.22. The number of benzene rings is 1. The molecule has 27 heavy (non-hydrogen) atoms. The van der Waals surface area contributed by atoms with E-state index in [1.54, 1.807) is 6.07 Å². The number of halogens is 3. The third-order valence-corrected chi connectivity index (χ3v) is 4.22. The Bertz CT molecular complexity index is 860. The lowest BCUT2D eigenvalue weighted by Crippen LogP contribution is -2.31. The van der Waals surface area contributed by atoms with Crippen molar-refractivity contribution in [3.63, 3.8) is 0 Å². The molecule has 2 N–H and O–H groups in total. The molecule has 0 spiro atoms. The molecule has 1 heterocycles. The van der Waals surface area contributed by atoms with E-state index in [0.717, 1.165) is 12.1 Å². The molecule has 0 saturated carbocycles. The fraction of sp³-hybridized carbons (Fsp3) is 0.368. The van der Waals surface area contributed by atoms with Gasteiger partial charge >= 0.3 is 6.18 Å². The molecule has 1 amide bonds. The summed E-state index contributed by atoms with van der Waals surface area (Å²) in [4.78, 5) is 29.0. The van der Waals surface area contributed by atoms with Gasteiger partial charge < -0.3 is 10.3 Å². The average Bonchev–Trinajstić information content (AvgIpc) is 2.59. The molecule has 8 heteroatoms. The first-order valence-corrected chi connectivity index (χ1v) is 8.44. The molecule has 0 aliphatic heterocycles. The van der Waals surface area contributed by atoms with Gasteiger partial charge in [-0.05, 0) is 50.7 Å². The first-order chi connectivity index (χ1) is 12.6. The van der Waals surface area contributed by atoms with Crippen LogP contribution in [0, 0.1) is 0 Å². The maximum atomic E-state index is 12.7. The first-order valence-electron chi connectivity index (χ1n) is 8.44. The predicted molar refractivity (Wildman–Crippen MR) is 96.3 cm³/mol. The second-order valence-electron chi connectivity index (χ2n) is 6.62. The van der Waals surface area contributed by atoms with E-state index in [4.69, 9.17) is 0 Å². The van der Waals surface area contributed by atoms with Crippen LogP contribution in [0.1, 0.15) is 41.0 Å². The summed E-state index contributed by atoms with van der Waals surface area (Å²) in [6.45, 7) is 4.46. The average molecular weight is 381 g/mol. The zero-order valence-electron chi connectivity index (χ0n) is 15.4. The van der Waals surface area contributed by atoms with Crippen molar-refractivity contribution in [3.8, 4) is 0 Å². The lowest BCUT2D eigenvalue weighted by atomic mass is 10.1. The highest BCUT2D eigenvalue weighted by Gasteiger charge is 2.30. The number of nitrogens with one attached hydrogen (secondary N) is 2. The Morgan fingerprint density at radius 2 is 1.93 bits per heavy atom. The Morgan fingerprint density at radius 1 is 1.22 bits per heavy atom. The summed E-state index contributed by atoms with van der Waals surface area (Å²) in [6.07, 6.45) is -4.45. The number of alkyl halides is 3. The second-order valence-corrected chi connectivity index (χ2v) is 6.62. The van der Waals surface area contributed by atoms with Crippen molar-refractivity contribution in [1.29, 1.82) is 0 Å². The molecule has 0 atom stereocenters. The van der Waals surface area contributed by atoms with E-state index < -0.39 is 23.2 Å². The molecular formula is C19H22F3N3O2. The minimum atomic E-state index is -4.45. The van der Waals surface area contributed by atoms with E-state index in [0.29, 0.717) is 23.8 Å². The Kier molecular flexibility index (Phi) is 6.43. The van der Waals surface area contributed by atoms with Gasteiger partial charge in [-0.1, -0.05) is 12.1 Å². The maximum absolute atomic E-state index is 12.7. The van der Waals surface area contributed by atoms with Crippen molar-refractivity contribution in [2.24, 2.45) is 0 Å². The van der Waals surface area contributed by atoms with Crippen LogP contribution < -0.4 is 10.9 Å². The summed E-state index contributed by atoms with van der Waals surface area (Å²) < 4.78 is 38.2. The van der Waals surface area contributed by atoms with E-state index >= 15 is 0 Å². The topological polar surface area (TPSA) is 65.2 Å². The van der Waals surface area contributed by atoms with Crippen LogP contribution in [0.3, 0.4) is 0 Å². The predicted octanol–water partition coefficient (Wildman–Crippen LogP) is 3.16. The van der Waals surface area contributed by atoms with Gasteiger partial charge in [0.25, 0.3) is 11.5 Å². The lowest BCUT2D eigenvalue weighted by Gasteiger charge is -2.20. The number of aromatic amines is 1. The van der Waals surface area contributed by atoms with Gasteiger partial charge in [0.1, 0.15) is 5.56 Å². The monoisotopic (exact) mass is 381 g/mol. The summed E-state index contributed by atoms with van der Waals surface area (Å²) in [5, 5.41) is 2.48. The minimum Gasteiger partial charge on any atom is -0.348 e. The number of carbonyl (C=O) groups excluding carboxylic acids is 1. The molecule has 0 aliphatic carbocycles. The van der Waals surface area contributed by atoms with Gasteiger partial charge in [-0.2, -0.15) is 13.2 Å². The quantitative estimate of drug-likeness (QED) is 0.808. The molecule has 1 aromatic heterocycles. The normalized spacial score (nSPS) is 11.9. The highest BCUT2D eigenvalue weighted by atomic mass is 19.4. The Balaban J connectivity index is 2.05. The van der Waals surface area contributed by atoms with Crippen LogP contribution >= 0.6 is 0 Å². The van der Waals surface area contributed by atoms with Gasteiger partial charge in [0.05, 0.1) is 5.56 Å². The van der Waals surface area contributed by atoms with Crippen molar-refractivity contribution >= 4 is 5.91 Å². The molecule has 0 fully saturated rings. The standard InChI is InChI=1S/C19H22F3N3O2/c1-12(2)25(3)11-15-7-8-16(18(27)24-15)17(26)23-10-13-5-4-6-14(9-13)19(20,21)22/h4-9,12H,10-11H2,1-3H3,(H,23,26)(H,24,27). The summed E-state index contributed by atoms with van der Waals surface area (Å²) in [5.41, 5.74) is -0.440.